The topological polar surface area (TPSA) is 54.8 Å². The lowest BCUT2D eigenvalue weighted by molar-refractivity contribution is 0.0988. The molecule has 5 nitrogen and oxygen atoms in total. The summed E-state index contributed by atoms with van der Waals surface area (Å²) in [5, 5.41) is 5.98. The van der Waals surface area contributed by atoms with Gasteiger partial charge >= 0.3 is 0 Å². The predicted octanol–water partition coefficient (Wildman–Crippen LogP) is 5.89. The van der Waals surface area contributed by atoms with Crippen LogP contribution in [0.4, 0.5) is 9.52 Å². The molecule has 4 aromatic rings. The summed E-state index contributed by atoms with van der Waals surface area (Å²) in [6.07, 6.45) is 1.57. The van der Waals surface area contributed by atoms with Crippen molar-refractivity contribution in [2.45, 2.75) is 0 Å². The van der Waals surface area contributed by atoms with Crippen LogP contribution in [0.25, 0.3) is 10.2 Å². The van der Waals surface area contributed by atoms with Gasteiger partial charge in [0.05, 0.1) is 23.5 Å². The average Bonchev–Trinajstić information content (AvgIpc) is 3.17. The van der Waals surface area contributed by atoms with Crippen LogP contribution in [0.3, 0.4) is 0 Å². The Morgan fingerprint density at radius 1 is 1.17 bits per heavy atom. The van der Waals surface area contributed by atoms with Gasteiger partial charge in [-0.3, -0.25) is 4.79 Å². The van der Waals surface area contributed by atoms with Crippen molar-refractivity contribution in [3.8, 4) is 5.75 Å². The minimum absolute atomic E-state index is 0.347. The Morgan fingerprint density at radius 3 is 2.70 bits per heavy atom. The molecule has 8 heteroatoms. The zero-order chi connectivity index (χ0) is 21.1. The summed E-state index contributed by atoms with van der Waals surface area (Å²) in [4.78, 5) is 17.7. The van der Waals surface area contributed by atoms with E-state index in [-0.39, 0.29) is 11.7 Å². The molecule has 0 saturated carbocycles. The lowest BCUT2D eigenvalue weighted by Crippen LogP contribution is -2.25. The number of rotatable bonds is 5. The first-order valence-corrected chi connectivity index (χ1v) is 10.5. The first-order valence-electron chi connectivity index (χ1n) is 8.87. The summed E-state index contributed by atoms with van der Waals surface area (Å²) in [5.74, 6) is 0.0207. The van der Waals surface area contributed by atoms with Gasteiger partial charge in [-0.1, -0.05) is 33.3 Å². The minimum Gasteiger partial charge on any atom is -0.497 e. The van der Waals surface area contributed by atoms with E-state index in [4.69, 9.17) is 4.74 Å². The number of amides is 1. The largest absolute Gasteiger partial charge is 0.497 e. The maximum absolute atomic E-state index is 13.6. The van der Waals surface area contributed by atoms with Crippen molar-refractivity contribution in [2.75, 3.05) is 12.1 Å². The Bertz CT molecular complexity index is 1240. The molecule has 4 rings (SSSR count). The van der Waals surface area contributed by atoms with Gasteiger partial charge in [0.25, 0.3) is 5.91 Å². The van der Waals surface area contributed by atoms with E-state index in [1.54, 1.807) is 37.6 Å². The molecule has 0 N–H and O–H groups in total. The number of benzene rings is 3. The van der Waals surface area contributed by atoms with Crippen molar-refractivity contribution in [2.24, 2.45) is 5.10 Å². The van der Waals surface area contributed by atoms with Crippen molar-refractivity contribution >= 4 is 54.7 Å². The van der Waals surface area contributed by atoms with Crippen LogP contribution in [0.5, 0.6) is 5.75 Å². The molecule has 0 unspecified atom stereocenters. The van der Waals surface area contributed by atoms with E-state index in [1.165, 1.54) is 28.5 Å². The number of carbonyl (C=O) groups is 1. The molecule has 150 valence electrons. The molecule has 1 aromatic heterocycles. The van der Waals surface area contributed by atoms with Gasteiger partial charge in [0, 0.05) is 10.0 Å². The zero-order valence-electron chi connectivity index (χ0n) is 15.8. The summed E-state index contributed by atoms with van der Waals surface area (Å²) >= 11 is 4.58. The number of hydrogen-bond acceptors (Lipinski definition) is 5. The van der Waals surface area contributed by atoms with Gasteiger partial charge in [-0.25, -0.2) is 9.37 Å². The molecule has 0 bridgehead atoms. The Hall–Kier alpha value is -3.10. The number of hydrogen-bond donors (Lipinski definition) is 0. The summed E-state index contributed by atoms with van der Waals surface area (Å²) in [5.41, 5.74) is 1.83. The fourth-order valence-corrected chi connectivity index (χ4v) is 4.07. The van der Waals surface area contributed by atoms with Crippen LogP contribution in [0.1, 0.15) is 15.9 Å². The molecule has 0 aliphatic carbocycles. The Morgan fingerprint density at radius 2 is 1.97 bits per heavy atom. The molecular weight excluding hydrogens is 469 g/mol. The first-order chi connectivity index (χ1) is 14.5. The van der Waals surface area contributed by atoms with Gasteiger partial charge < -0.3 is 4.74 Å². The van der Waals surface area contributed by atoms with Crippen LogP contribution in [0.2, 0.25) is 0 Å². The summed E-state index contributed by atoms with van der Waals surface area (Å²) in [6, 6.07) is 18.6. The molecule has 0 spiro atoms. The van der Waals surface area contributed by atoms with Crippen molar-refractivity contribution in [1.82, 2.24) is 4.98 Å². The third-order valence-electron chi connectivity index (χ3n) is 4.22. The van der Waals surface area contributed by atoms with Gasteiger partial charge in [-0.15, -0.1) is 0 Å². The smallest absolute Gasteiger partial charge is 0.280 e. The summed E-state index contributed by atoms with van der Waals surface area (Å²) in [6.45, 7) is 0. The van der Waals surface area contributed by atoms with Gasteiger partial charge in [0.1, 0.15) is 11.6 Å². The third kappa shape index (κ3) is 4.39. The van der Waals surface area contributed by atoms with Crippen molar-refractivity contribution < 1.29 is 13.9 Å². The number of methoxy groups -OCH3 is 1. The number of carbonyl (C=O) groups excluding carboxylic acids is 1. The van der Waals surface area contributed by atoms with Gasteiger partial charge in [0.15, 0.2) is 0 Å². The average molecular weight is 484 g/mol. The second kappa shape index (κ2) is 8.73. The molecule has 1 heterocycles. The summed E-state index contributed by atoms with van der Waals surface area (Å²) in [7, 11) is 1.59. The number of fused-ring (bicyclic) bond motifs is 1. The number of aromatic nitrogens is 1. The normalized spacial score (nSPS) is 11.2. The molecule has 30 heavy (non-hydrogen) atoms. The highest BCUT2D eigenvalue weighted by atomic mass is 79.9. The van der Waals surface area contributed by atoms with E-state index in [1.807, 2.05) is 30.3 Å². The zero-order valence-corrected chi connectivity index (χ0v) is 18.2. The van der Waals surface area contributed by atoms with E-state index in [0.717, 1.165) is 15.8 Å². The Kier molecular flexibility index (Phi) is 5.87. The maximum atomic E-state index is 13.6. The standard InChI is InChI=1S/C22H15BrFN3O2S/c1-29-18-8-5-14(6-9-18)13-25-27(21(28)15-3-2-4-16(23)11-15)22-26-19-10-7-17(24)12-20(19)30-22/h2-13H,1H3/b25-13+. The van der Waals surface area contributed by atoms with Crippen molar-refractivity contribution in [3.05, 3.63) is 88.1 Å². The number of ether oxygens (including phenoxy) is 1. The number of thiazole rings is 1. The first kappa shape index (κ1) is 20.2. The Balaban J connectivity index is 1.74. The fourth-order valence-electron chi connectivity index (χ4n) is 2.72. The van der Waals surface area contributed by atoms with E-state index >= 15 is 0 Å². The Labute approximate surface area is 184 Å². The van der Waals surface area contributed by atoms with Crippen LogP contribution in [-0.2, 0) is 0 Å². The van der Waals surface area contributed by atoms with E-state index in [0.29, 0.717) is 20.9 Å². The van der Waals surface area contributed by atoms with Gasteiger partial charge in [-0.05, 0) is 66.2 Å². The van der Waals surface area contributed by atoms with Crippen molar-refractivity contribution in [1.29, 1.82) is 0 Å². The highest BCUT2D eigenvalue weighted by Gasteiger charge is 2.21. The molecule has 0 aliphatic rings. The SMILES string of the molecule is COc1ccc(/C=N/N(C(=O)c2cccc(Br)c2)c2nc3ccc(F)cc3s2)cc1. The predicted molar refractivity (Wildman–Crippen MR) is 121 cm³/mol. The van der Waals surface area contributed by atoms with E-state index < -0.39 is 0 Å². The molecular formula is C22H15BrFN3O2S. The number of anilines is 1. The lowest BCUT2D eigenvalue weighted by atomic mass is 10.2. The molecule has 0 saturated heterocycles. The van der Waals surface area contributed by atoms with Gasteiger partial charge in [0.2, 0.25) is 5.13 Å². The molecule has 3 aromatic carbocycles. The minimum atomic E-state index is -0.357. The molecule has 0 aliphatic heterocycles. The molecule has 0 radical (unpaired) electrons. The van der Waals surface area contributed by atoms with E-state index in [2.05, 4.69) is 26.0 Å². The van der Waals surface area contributed by atoms with Crippen LogP contribution < -0.4 is 9.75 Å². The number of nitrogens with zero attached hydrogens (tertiary/aromatic N) is 3. The van der Waals surface area contributed by atoms with Crippen molar-refractivity contribution in [3.63, 3.8) is 0 Å². The van der Waals surface area contributed by atoms with Crippen LogP contribution >= 0.6 is 27.3 Å². The quantitative estimate of drug-likeness (QED) is 0.262. The molecule has 1 amide bonds. The monoisotopic (exact) mass is 483 g/mol. The lowest BCUT2D eigenvalue weighted by Gasteiger charge is -2.14. The van der Waals surface area contributed by atoms with Crippen LogP contribution in [0.15, 0.2) is 76.3 Å². The van der Waals surface area contributed by atoms with E-state index in [9.17, 15) is 9.18 Å². The molecule has 0 atom stereocenters. The van der Waals surface area contributed by atoms with Crippen LogP contribution in [0, 0.1) is 5.82 Å². The number of hydrazone groups is 1. The second-order valence-corrected chi connectivity index (χ2v) is 8.18. The highest BCUT2D eigenvalue weighted by molar-refractivity contribution is 9.10. The van der Waals surface area contributed by atoms with Crippen LogP contribution in [-0.4, -0.2) is 24.2 Å². The van der Waals surface area contributed by atoms with Gasteiger partial charge in [-0.2, -0.15) is 10.1 Å². The highest BCUT2D eigenvalue weighted by Crippen LogP contribution is 2.31. The summed E-state index contributed by atoms with van der Waals surface area (Å²) < 4.78 is 20.2. The fraction of sp³-hybridized carbons (Fsp3) is 0.0455. The number of halogens is 2. The maximum Gasteiger partial charge on any atom is 0.280 e. The second-order valence-electron chi connectivity index (χ2n) is 6.25. The third-order valence-corrected chi connectivity index (χ3v) is 5.71. The molecule has 0 fully saturated rings.